The van der Waals surface area contributed by atoms with Crippen molar-refractivity contribution < 1.29 is 0 Å². The topological polar surface area (TPSA) is 12.0 Å². The molecule has 0 aliphatic carbocycles. The lowest BCUT2D eigenvalue weighted by Crippen LogP contribution is -2.33. The van der Waals surface area contributed by atoms with E-state index in [2.05, 4.69) is 24.9 Å². The molecule has 2 atom stereocenters. The first-order valence-electron chi connectivity index (χ1n) is 3.66. The van der Waals surface area contributed by atoms with Crippen LogP contribution in [-0.2, 0) is 0 Å². The van der Waals surface area contributed by atoms with Crippen LogP contribution in [0.15, 0.2) is 12.7 Å². The minimum absolute atomic E-state index is 0.716. The normalized spacial score (nSPS) is 36.1. The van der Waals surface area contributed by atoms with Gasteiger partial charge in [-0.15, -0.1) is 6.58 Å². The van der Waals surface area contributed by atoms with Crippen molar-refractivity contribution in [3.05, 3.63) is 12.7 Å². The smallest absolute Gasteiger partial charge is 0.00143 e. The van der Waals surface area contributed by atoms with Gasteiger partial charge in [-0.3, -0.25) is 0 Å². The number of hydrogen-bond acceptors (Lipinski definition) is 1. The van der Waals surface area contributed by atoms with E-state index in [0.29, 0.717) is 5.92 Å². The van der Waals surface area contributed by atoms with Crippen molar-refractivity contribution in [2.24, 2.45) is 11.8 Å². The van der Waals surface area contributed by atoms with Crippen LogP contribution in [0.5, 0.6) is 0 Å². The van der Waals surface area contributed by atoms with Gasteiger partial charge in [0.1, 0.15) is 0 Å². The zero-order valence-electron chi connectivity index (χ0n) is 6.06. The van der Waals surface area contributed by atoms with Crippen molar-refractivity contribution in [1.82, 2.24) is 5.32 Å². The summed E-state index contributed by atoms with van der Waals surface area (Å²) in [5.41, 5.74) is 0. The van der Waals surface area contributed by atoms with Gasteiger partial charge in [-0.25, -0.2) is 0 Å². The Morgan fingerprint density at radius 1 is 1.56 bits per heavy atom. The molecule has 1 heterocycles. The van der Waals surface area contributed by atoms with Crippen molar-refractivity contribution >= 4 is 0 Å². The lowest BCUT2D eigenvalue weighted by molar-refractivity contribution is 0.346. The third-order valence-electron chi connectivity index (χ3n) is 1.94. The van der Waals surface area contributed by atoms with Crippen molar-refractivity contribution in [3.8, 4) is 0 Å². The van der Waals surface area contributed by atoms with Crippen molar-refractivity contribution in [2.45, 2.75) is 13.3 Å². The minimum Gasteiger partial charge on any atom is -0.316 e. The fraction of sp³-hybridized carbons (Fsp3) is 0.750. The molecule has 52 valence electrons. The number of piperidine rings is 1. The highest BCUT2D eigenvalue weighted by Crippen LogP contribution is 2.15. The molecule has 1 aliphatic rings. The fourth-order valence-electron chi connectivity index (χ4n) is 1.38. The van der Waals surface area contributed by atoms with E-state index in [0.717, 1.165) is 12.5 Å². The Labute approximate surface area is 57.1 Å². The summed E-state index contributed by atoms with van der Waals surface area (Å²) in [6.45, 7) is 8.38. The van der Waals surface area contributed by atoms with E-state index < -0.39 is 0 Å². The Hall–Kier alpha value is -0.300. The number of rotatable bonds is 1. The second-order valence-corrected chi connectivity index (χ2v) is 2.99. The molecule has 9 heavy (non-hydrogen) atoms. The maximum atomic E-state index is 3.78. The van der Waals surface area contributed by atoms with E-state index in [1.54, 1.807) is 0 Å². The van der Waals surface area contributed by atoms with Crippen LogP contribution in [-0.4, -0.2) is 13.1 Å². The number of hydrogen-bond donors (Lipinski definition) is 1. The SMILES string of the molecule is C=CC1CNCC(C)C1. The Kier molecular flexibility index (Phi) is 2.29. The molecule has 0 aromatic rings. The van der Waals surface area contributed by atoms with Crippen molar-refractivity contribution in [2.75, 3.05) is 13.1 Å². The Morgan fingerprint density at radius 2 is 2.33 bits per heavy atom. The monoisotopic (exact) mass is 125 g/mol. The molecule has 1 fully saturated rings. The molecule has 1 aliphatic heterocycles. The van der Waals surface area contributed by atoms with Gasteiger partial charge in [-0.05, 0) is 24.8 Å². The van der Waals surface area contributed by atoms with Crippen LogP contribution in [0.4, 0.5) is 0 Å². The van der Waals surface area contributed by atoms with Crippen LogP contribution in [0.2, 0.25) is 0 Å². The minimum atomic E-state index is 0.716. The molecule has 1 saturated heterocycles. The summed E-state index contributed by atoms with van der Waals surface area (Å²) in [5.74, 6) is 1.55. The van der Waals surface area contributed by atoms with Crippen LogP contribution in [0.3, 0.4) is 0 Å². The molecule has 1 rings (SSSR count). The third kappa shape index (κ3) is 1.83. The second kappa shape index (κ2) is 3.02. The lowest BCUT2D eigenvalue weighted by Gasteiger charge is -2.24. The van der Waals surface area contributed by atoms with E-state index in [-0.39, 0.29) is 0 Å². The molecule has 1 nitrogen and oxygen atoms in total. The molecule has 1 N–H and O–H groups in total. The second-order valence-electron chi connectivity index (χ2n) is 2.99. The first-order chi connectivity index (χ1) is 4.33. The van der Waals surface area contributed by atoms with Gasteiger partial charge in [0, 0.05) is 6.54 Å². The molecule has 0 radical (unpaired) electrons. The molecule has 2 unspecified atom stereocenters. The standard InChI is InChI=1S/C8H15N/c1-3-8-4-7(2)5-9-6-8/h3,7-9H,1,4-6H2,2H3. The fourth-order valence-corrected chi connectivity index (χ4v) is 1.38. The summed E-state index contributed by atoms with van der Waals surface area (Å²) in [5, 5.41) is 3.36. The summed E-state index contributed by atoms with van der Waals surface area (Å²) >= 11 is 0. The largest absolute Gasteiger partial charge is 0.316 e. The summed E-state index contributed by atoms with van der Waals surface area (Å²) < 4.78 is 0. The van der Waals surface area contributed by atoms with Gasteiger partial charge in [0.15, 0.2) is 0 Å². The lowest BCUT2D eigenvalue weighted by atomic mass is 9.92. The van der Waals surface area contributed by atoms with Crippen LogP contribution in [0.1, 0.15) is 13.3 Å². The number of nitrogens with one attached hydrogen (secondary N) is 1. The Balaban J connectivity index is 2.31. The maximum absolute atomic E-state index is 3.78. The van der Waals surface area contributed by atoms with Gasteiger partial charge in [-0.1, -0.05) is 13.0 Å². The van der Waals surface area contributed by atoms with Gasteiger partial charge in [-0.2, -0.15) is 0 Å². The third-order valence-corrected chi connectivity index (χ3v) is 1.94. The first-order valence-corrected chi connectivity index (χ1v) is 3.66. The average molecular weight is 125 g/mol. The highest BCUT2D eigenvalue weighted by Gasteiger charge is 2.14. The zero-order valence-corrected chi connectivity index (χ0v) is 6.06. The molecule has 0 amide bonds. The zero-order chi connectivity index (χ0) is 6.69. The van der Waals surface area contributed by atoms with Gasteiger partial charge in [0.05, 0.1) is 0 Å². The van der Waals surface area contributed by atoms with Crippen molar-refractivity contribution in [1.29, 1.82) is 0 Å². The van der Waals surface area contributed by atoms with Crippen molar-refractivity contribution in [3.63, 3.8) is 0 Å². The molecular weight excluding hydrogens is 110 g/mol. The van der Waals surface area contributed by atoms with Crippen LogP contribution < -0.4 is 5.32 Å². The van der Waals surface area contributed by atoms with Gasteiger partial charge < -0.3 is 5.32 Å². The molecule has 0 bridgehead atoms. The molecule has 0 spiro atoms. The van der Waals surface area contributed by atoms with Crippen LogP contribution in [0, 0.1) is 11.8 Å². The maximum Gasteiger partial charge on any atom is 0.00143 e. The molecule has 0 aromatic carbocycles. The summed E-state index contributed by atoms with van der Waals surface area (Å²) in [6, 6.07) is 0. The predicted molar refractivity (Wildman–Crippen MR) is 40.3 cm³/mol. The van der Waals surface area contributed by atoms with E-state index in [9.17, 15) is 0 Å². The highest BCUT2D eigenvalue weighted by atomic mass is 14.9. The van der Waals surface area contributed by atoms with Crippen LogP contribution in [0.25, 0.3) is 0 Å². The van der Waals surface area contributed by atoms with Gasteiger partial charge >= 0.3 is 0 Å². The van der Waals surface area contributed by atoms with E-state index in [1.807, 2.05) is 0 Å². The average Bonchev–Trinajstić information content (AvgIpc) is 1.88. The van der Waals surface area contributed by atoms with E-state index >= 15 is 0 Å². The molecule has 0 saturated carbocycles. The predicted octanol–water partition coefficient (Wildman–Crippen LogP) is 1.42. The Morgan fingerprint density at radius 3 is 2.78 bits per heavy atom. The first kappa shape index (κ1) is 6.81. The van der Waals surface area contributed by atoms with Gasteiger partial charge in [0.2, 0.25) is 0 Å². The van der Waals surface area contributed by atoms with Crippen LogP contribution >= 0.6 is 0 Å². The summed E-state index contributed by atoms with van der Waals surface area (Å²) in [7, 11) is 0. The molecule has 0 aromatic heterocycles. The quantitative estimate of drug-likeness (QED) is 0.523. The van der Waals surface area contributed by atoms with E-state index in [4.69, 9.17) is 0 Å². The Bertz CT molecular complexity index is 98.7. The highest BCUT2D eigenvalue weighted by molar-refractivity contribution is 4.85. The summed E-state index contributed by atoms with van der Waals surface area (Å²) in [4.78, 5) is 0. The van der Waals surface area contributed by atoms with Gasteiger partial charge in [0.25, 0.3) is 0 Å². The van der Waals surface area contributed by atoms with E-state index in [1.165, 1.54) is 13.0 Å². The summed E-state index contributed by atoms with van der Waals surface area (Å²) in [6.07, 6.45) is 3.37. The molecular formula is C8H15N. The molecule has 1 heteroatoms.